The van der Waals surface area contributed by atoms with Gasteiger partial charge in [0.1, 0.15) is 6.61 Å². The average Bonchev–Trinajstić information content (AvgIpc) is 2.09. The van der Waals surface area contributed by atoms with Gasteiger partial charge in [0.25, 0.3) is 0 Å². The Morgan fingerprint density at radius 1 is 1.60 bits per heavy atom. The Labute approximate surface area is 91.1 Å². The first kappa shape index (κ1) is 14.0. The van der Waals surface area contributed by atoms with E-state index >= 15 is 0 Å². The van der Waals surface area contributed by atoms with E-state index in [1.807, 2.05) is 0 Å². The number of hydrogen-bond acceptors (Lipinski definition) is 3. The largest absolute Gasteiger partial charge is 0.391 e. The predicted octanol–water partition coefficient (Wildman–Crippen LogP) is 1.97. The van der Waals surface area contributed by atoms with Crippen molar-refractivity contribution in [3.63, 3.8) is 0 Å². The summed E-state index contributed by atoms with van der Waals surface area (Å²) >= 11 is 0. The van der Waals surface area contributed by atoms with Crippen molar-refractivity contribution in [2.45, 2.75) is 38.0 Å². The van der Waals surface area contributed by atoms with Crippen molar-refractivity contribution in [2.75, 3.05) is 6.61 Å². The van der Waals surface area contributed by atoms with Crippen LogP contribution >= 0.6 is 0 Å². The third-order valence-corrected chi connectivity index (χ3v) is 3.30. The third kappa shape index (κ3) is 7.00. The van der Waals surface area contributed by atoms with Crippen LogP contribution in [0.2, 0.25) is 25.7 Å². The lowest BCUT2D eigenvalue weighted by molar-refractivity contribution is -0.0116. The number of ether oxygens (including phenoxy) is 1. The molecule has 0 aromatic heterocycles. The molecule has 1 N–H and O–H groups in total. The summed E-state index contributed by atoms with van der Waals surface area (Å²) in [6, 6.07) is 0.612. The second-order valence-corrected chi connectivity index (χ2v) is 9.97. The normalized spacial score (nSPS) is 14.9. The van der Waals surface area contributed by atoms with Crippen molar-refractivity contribution in [2.24, 2.45) is 5.11 Å². The molecular formula is C9H17N3O2Si. The molecule has 0 saturated carbocycles. The average molecular weight is 227 g/mol. The van der Waals surface area contributed by atoms with Crippen LogP contribution in [0.5, 0.6) is 0 Å². The molecule has 84 valence electrons. The van der Waals surface area contributed by atoms with Crippen molar-refractivity contribution in [3.8, 4) is 12.3 Å². The molecule has 0 aromatic rings. The maximum atomic E-state index is 9.78. The van der Waals surface area contributed by atoms with Crippen molar-refractivity contribution < 1.29 is 9.84 Å². The molecule has 0 radical (unpaired) electrons. The monoisotopic (exact) mass is 227 g/mol. The maximum absolute atomic E-state index is 9.78. The maximum Gasteiger partial charge on any atom is 0.163 e. The summed E-state index contributed by atoms with van der Waals surface area (Å²) in [6.07, 6.45) is 3.36. The molecule has 2 unspecified atom stereocenters. The fourth-order valence-corrected chi connectivity index (χ4v) is 2.59. The lowest BCUT2D eigenvalue weighted by Gasteiger charge is -2.24. The van der Waals surface area contributed by atoms with Crippen LogP contribution in [0.3, 0.4) is 0 Å². The van der Waals surface area contributed by atoms with Gasteiger partial charge in [-0.15, -0.1) is 6.42 Å². The highest BCUT2D eigenvalue weighted by atomic mass is 28.3. The molecule has 0 fully saturated rings. The van der Waals surface area contributed by atoms with Crippen LogP contribution in [0.25, 0.3) is 10.4 Å². The second-order valence-electron chi connectivity index (χ2n) is 4.44. The first-order valence-electron chi connectivity index (χ1n) is 4.68. The Morgan fingerprint density at radius 2 is 2.20 bits per heavy atom. The molecule has 0 rings (SSSR count). The molecule has 2 atom stereocenters. The summed E-state index contributed by atoms with van der Waals surface area (Å²) in [5.74, 6) is 2.27. The fourth-order valence-electron chi connectivity index (χ4n) is 1.13. The standard InChI is InChI=1S/C9H17N3O2Si/c1-5-6-14-9(11-12-10)8(13)7-15(2,3)4/h1,8-9,13H,6-7H2,2-4H3. The predicted molar refractivity (Wildman–Crippen MR) is 61.9 cm³/mol. The number of rotatable bonds is 6. The minimum atomic E-state index is -1.42. The van der Waals surface area contributed by atoms with Crippen LogP contribution in [0.1, 0.15) is 0 Å². The van der Waals surface area contributed by atoms with Gasteiger partial charge in [-0.25, -0.2) is 0 Å². The van der Waals surface area contributed by atoms with Crippen molar-refractivity contribution in [1.29, 1.82) is 0 Å². The Bertz CT molecular complexity index is 276. The summed E-state index contributed by atoms with van der Waals surface area (Å²) < 4.78 is 5.06. The molecular weight excluding hydrogens is 210 g/mol. The summed E-state index contributed by atoms with van der Waals surface area (Å²) in [5, 5.41) is 13.2. The van der Waals surface area contributed by atoms with Crippen LogP contribution in [-0.2, 0) is 4.74 Å². The highest BCUT2D eigenvalue weighted by Gasteiger charge is 2.25. The number of terminal acetylenes is 1. The van der Waals surface area contributed by atoms with Gasteiger partial charge in [-0.1, -0.05) is 30.7 Å². The molecule has 0 aliphatic carbocycles. The molecule has 0 saturated heterocycles. The van der Waals surface area contributed by atoms with Gasteiger partial charge in [0.15, 0.2) is 6.23 Å². The van der Waals surface area contributed by atoms with Crippen LogP contribution in [0.4, 0.5) is 0 Å². The number of aliphatic hydroxyl groups excluding tert-OH is 1. The molecule has 0 aromatic carbocycles. The van der Waals surface area contributed by atoms with Gasteiger partial charge in [-0.3, -0.25) is 0 Å². The molecule has 0 aliphatic rings. The quantitative estimate of drug-likeness (QED) is 0.247. The van der Waals surface area contributed by atoms with Gasteiger partial charge in [-0.2, -0.15) is 0 Å². The third-order valence-electron chi connectivity index (χ3n) is 1.65. The molecule has 0 heterocycles. The van der Waals surface area contributed by atoms with E-state index in [0.29, 0.717) is 6.04 Å². The lowest BCUT2D eigenvalue weighted by Crippen LogP contribution is -2.35. The number of hydrogen-bond donors (Lipinski definition) is 1. The number of azide groups is 1. The van der Waals surface area contributed by atoms with Gasteiger partial charge in [0, 0.05) is 13.0 Å². The van der Waals surface area contributed by atoms with E-state index in [2.05, 4.69) is 35.6 Å². The molecule has 0 bridgehead atoms. The molecule has 0 amide bonds. The Kier molecular flexibility index (Phi) is 6.05. The van der Waals surface area contributed by atoms with Crippen molar-refractivity contribution in [1.82, 2.24) is 0 Å². The van der Waals surface area contributed by atoms with E-state index in [1.165, 1.54) is 0 Å². The van der Waals surface area contributed by atoms with E-state index in [1.54, 1.807) is 0 Å². The van der Waals surface area contributed by atoms with Gasteiger partial charge < -0.3 is 9.84 Å². The smallest absolute Gasteiger partial charge is 0.163 e. The van der Waals surface area contributed by atoms with E-state index in [0.717, 1.165) is 0 Å². The van der Waals surface area contributed by atoms with Gasteiger partial charge >= 0.3 is 0 Å². The number of nitrogens with zero attached hydrogens (tertiary/aromatic N) is 3. The minimum Gasteiger partial charge on any atom is -0.391 e. The van der Waals surface area contributed by atoms with E-state index in [9.17, 15) is 5.11 Å². The topological polar surface area (TPSA) is 78.2 Å². The molecule has 0 aliphatic heterocycles. The SMILES string of the molecule is C#CCOC(N=[N+]=[N-])C(O)C[Si](C)(C)C. The Balaban J connectivity index is 4.36. The van der Waals surface area contributed by atoms with E-state index < -0.39 is 20.4 Å². The van der Waals surface area contributed by atoms with Gasteiger partial charge in [0.05, 0.1) is 6.10 Å². The molecule has 15 heavy (non-hydrogen) atoms. The second kappa shape index (κ2) is 6.48. The van der Waals surface area contributed by atoms with Gasteiger partial charge in [-0.05, 0) is 11.6 Å². The molecule has 6 heteroatoms. The first-order valence-corrected chi connectivity index (χ1v) is 8.39. The fraction of sp³-hybridized carbons (Fsp3) is 0.778. The Morgan fingerprint density at radius 3 is 2.60 bits per heavy atom. The summed E-state index contributed by atoms with van der Waals surface area (Å²) in [4.78, 5) is 2.63. The van der Waals surface area contributed by atoms with E-state index in [4.69, 9.17) is 16.7 Å². The van der Waals surface area contributed by atoms with Crippen molar-refractivity contribution in [3.05, 3.63) is 10.4 Å². The zero-order chi connectivity index (χ0) is 11.9. The lowest BCUT2D eigenvalue weighted by atomic mass is 10.3. The van der Waals surface area contributed by atoms with Crippen LogP contribution in [0.15, 0.2) is 5.11 Å². The molecule has 0 spiro atoms. The van der Waals surface area contributed by atoms with E-state index in [-0.39, 0.29) is 6.61 Å². The number of aliphatic hydroxyl groups is 1. The highest BCUT2D eigenvalue weighted by molar-refractivity contribution is 6.76. The summed E-state index contributed by atoms with van der Waals surface area (Å²) in [5.41, 5.74) is 8.31. The van der Waals surface area contributed by atoms with Gasteiger partial charge in [0.2, 0.25) is 0 Å². The van der Waals surface area contributed by atoms with Crippen LogP contribution in [-0.4, -0.2) is 32.1 Å². The van der Waals surface area contributed by atoms with Crippen molar-refractivity contribution >= 4 is 8.07 Å². The summed E-state index contributed by atoms with van der Waals surface area (Å²) in [6.45, 7) is 6.38. The summed E-state index contributed by atoms with van der Waals surface area (Å²) in [7, 11) is -1.42. The zero-order valence-corrected chi connectivity index (χ0v) is 10.3. The van der Waals surface area contributed by atoms with Crippen LogP contribution in [0, 0.1) is 12.3 Å². The molecule has 5 nitrogen and oxygen atoms in total. The first-order chi connectivity index (χ1) is 6.90. The Hall–Kier alpha value is -0.993. The highest BCUT2D eigenvalue weighted by Crippen LogP contribution is 2.16. The van der Waals surface area contributed by atoms with Crippen LogP contribution < -0.4 is 0 Å². The minimum absolute atomic E-state index is 0.0342. The zero-order valence-electron chi connectivity index (χ0n) is 9.34.